The van der Waals surface area contributed by atoms with E-state index in [0.29, 0.717) is 0 Å². The van der Waals surface area contributed by atoms with Gasteiger partial charge in [-0.1, -0.05) is 35.9 Å². The molecule has 2 atom stereocenters. The number of benzene rings is 1. The van der Waals surface area contributed by atoms with Crippen LogP contribution >= 0.6 is 0 Å². The van der Waals surface area contributed by atoms with Crippen LogP contribution in [-0.2, 0) is 20.5 Å². The number of carbonyl (C=O) groups is 1. The zero-order valence-corrected chi connectivity index (χ0v) is 20.7. The fraction of sp³-hybridized carbons (Fsp3) is 0.654. The Bertz CT molecular complexity index is 868. The predicted molar refractivity (Wildman–Crippen MR) is 128 cm³/mol. The highest BCUT2D eigenvalue weighted by Crippen LogP contribution is 2.37. The second-order valence-electron chi connectivity index (χ2n) is 11.6. The number of fused-ring (bicyclic) bond motifs is 2. The molecule has 5 nitrogen and oxygen atoms in total. The molecule has 0 aliphatic carbocycles. The molecule has 174 valence electrons. The van der Waals surface area contributed by atoms with Crippen LogP contribution in [0.5, 0.6) is 0 Å². The smallest absolute Gasteiger partial charge is 0.444 e. The number of piperidine rings is 1. The molecule has 0 N–H and O–H groups in total. The number of rotatable bonds is 3. The second-order valence-corrected chi connectivity index (χ2v) is 11.6. The molecule has 2 bridgehead atoms. The lowest BCUT2D eigenvalue weighted by Gasteiger charge is -2.45. The SMILES string of the molecule is CC(C)(C)OC(=O)N1C2C=C(Cc3ccc(B4OC(C)(C)C(C)(C)O4)cc3)CC1CCC2. The van der Waals surface area contributed by atoms with Gasteiger partial charge in [0.25, 0.3) is 0 Å². The summed E-state index contributed by atoms with van der Waals surface area (Å²) in [5.41, 5.74) is 2.62. The number of ether oxygens (including phenoxy) is 1. The number of nitrogens with zero attached hydrogens (tertiary/aromatic N) is 1. The molecule has 32 heavy (non-hydrogen) atoms. The molecule has 0 saturated carbocycles. The summed E-state index contributed by atoms with van der Waals surface area (Å²) in [6.07, 6.45) is 7.21. The molecule has 3 aliphatic heterocycles. The molecule has 1 aromatic carbocycles. The summed E-state index contributed by atoms with van der Waals surface area (Å²) in [5.74, 6) is 0. The van der Waals surface area contributed by atoms with Gasteiger partial charge in [-0.2, -0.15) is 0 Å². The van der Waals surface area contributed by atoms with Gasteiger partial charge in [-0.3, -0.25) is 4.90 Å². The van der Waals surface area contributed by atoms with Gasteiger partial charge in [0, 0.05) is 6.04 Å². The van der Waals surface area contributed by atoms with Gasteiger partial charge in [0.1, 0.15) is 5.60 Å². The Morgan fingerprint density at radius 1 is 1.09 bits per heavy atom. The molecule has 1 amide bonds. The third kappa shape index (κ3) is 4.77. The normalized spacial score (nSPS) is 26.7. The van der Waals surface area contributed by atoms with E-state index < -0.39 is 5.60 Å². The number of hydrogen-bond donors (Lipinski definition) is 0. The first kappa shape index (κ1) is 23.4. The van der Waals surface area contributed by atoms with Gasteiger partial charge >= 0.3 is 13.2 Å². The van der Waals surface area contributed by atoms with E-state index in [1.54, 1.807) is 0 Å². The van der Waals surface area contributed by atoms with E-state index in [1.807, 2.05) is 25.7 Å². The lowest BCUT2D eigenvalue weighted by Crippen LogP contribution is -2.53. The van der Waals surface area contributed by atoms with Crippen molar-refractivity contribution in [3.8, 4) is 0 Å². The first-order valence-corrected chi connectivity index (χ1v) is 12.0. The summed E-state index contributed by atoms with van der Waals surface area (Å²) >= 11 is 0. The van der Waals surface area contributed by atoms with Crippen LogP contribution in [0.3, 0.4) is 0 Å². The van der Waals surface area contributed by atoms with Gasteiger partial charge in [-0.05, 0) is 91.6 Å². The van der Waals surface area contributed by atoms with Gasteiger partial charge in [-0.15, -0.1) is 0 Å². The Morgan fingerprint density at radius 3 is 2.28 bits per heavy atom. The van der Waals surface area contributed by atoms with Crippen LogP contribution in [0.1, 0.15) is 79.7 Å². The van der Waals surface area contributed by atoms with Gasteiger partial charge < -0.3 is 14.0 Å². The van der Waals surface area contributed by atoms with Crippen LogP contribution in [0.4, 0.5) is 4.79 Å². The second kappa shape index (κ2) is 8.21. The Labute approximate surface area is 193 Å². The molecule has 2 saturated heterocycles. The minimum Gasteiger partial charge on any atom is -0.444 e. The Hall–Kier alpha value is -1.79. The molecule has 0 aromatic heterocycles. The highest BCUT2D eigenvalue weighted by molar-refractivity contribution is 6.62. The van der Waals surface area contributed by atoms with Gasteiger partial charge in [0.2, 0.25) is 0 Å². The summed E-state index contributed by atoms with van der Waals surface area (Å²) in [6.45, 7) is 14.1. The molecule has 0 radical (unpaired) electrons. The number of hydrogen-bond acceptors (Lipinski definition) is 4. The van der Waals surface area contributed by atoms with Crippen molar-refractivity contribution in [2.75, 3.05) is 0 Å². The molecule has 2 fully saturated rings. The van der Waals surface area contributed by atoms with Crippen molar-refractivity contribution in [2.24, 2.45) is 0 Å². The number of carbonyl (C=O) groups excluding carboxylic acids is 1. The van der Waals surface area contributed by atoms with Gasteiger partial charge in [-0.25, -0.2) is 4.79 Å². The summed E-state index contributed by atoms with van der Waals surface area (Å²) < 4.78 is 18.0. The highest BCUT2D eigenvalue weighted by atomic mass is 16.7. The largest absolute Gasteiger partial charge is 0.494 e. The minimum absolute atomic E-state index is 0.149. The van der Waals surface area contributed by atoms with E-state index in [0.717, 1.165) is 31.1 Å². The third-order valence-corrected chi connectivity index (χ3v) is 7.25. The Kier molecular flexibility index (Phi) is 6.00. The van der Waals surface area contributed by atoms with Crippen molar-refractivity contribution in [2.45, 2.75) is 109 Å². The lowest BCUT2D eigenvalue weighted by molar-refractivity contribution is -0.00150. The maximum Gasteiger partial charge on any atom is 0.494 e. The molecular formula is C26H38BNO4. The van der Waals surface area contributed by atoms with Crippen molar-refractivity contribution < 1.29 is 18.8 Å². The first-order chi connectivity index (χ1) is 14.8. The summed E-state index contributed by atoms with van der Waals surface area (Å²) in [7, 11) is -0.329. The van der Waals surface area contributed by atoms with Gasteiger partial charge in [0.05, 0.1) is 17.2 Å². The summed E-state index contributed by atoms with van der Waals surface area (Å²) in [5, 5.41) is 0. The maximum atomic E-state index is 12.8. The summed E-state index contributed by atoms with van der Waals surface area (Å²) in [4.78, 5) is 14.8. The van der Waals surface area contributed by atoms with E-state index in [9.17, 15) is 4.79 Å². The average molecular weight is 439 g/mol. The van der Waals surface area contributed by atoms with Crippen LogP contribution in [0.2, 0.25) is 0 Å². The fourth-order valence-corrected chi connectivity index (χ4v) is 4.88. The van der Waals surface area contributed by atoms with Crippen molar-refractivity contribution in [1.29, 1.82) is 0 Å². The molecular weight excluding hydrogens is 401 g/mol. The van der Waals surface area contributed by atoms with E-state index in [2.05, 4.69) is 58.0 Å². The van der Waals surface area contributed by atoms with Gasteiger partial charge in [0.15, 0.2) is 0 Å². The minimum atomic E-state index is -0.464. The van der Waals surface area contributed by atoms with Crippen molar-refractivity contribution in [3.05, 3.63) is 41.5 Å². The molecule has 1 aromatic rings. The van der Waals surface area contributed by atoms with E-state index in [4.69, 9.17) is 14.0 Å². The van der Waals surface area contributed by atoms with Crippen molar-refractivity contribution >= 4 is 18.7 Å². The molecule has 6 heteroatoms. The molecule has 3 heterocycles. The zero-order chi connectivity index (χ0) is 23.3. The fourth-order valence-electron chi connectivity index (χ4n) is 4.88. The molecule has 2 unspecified atom stereocenters. The van der Waals surface area contributed by atoms with Crippen molar-refractivity contribution in [3.63, 3.8) is 0 Å². The summed E-state index contributed by atoms with van der Waals surface area (Å²) in [6, 6.07) is 8.99. The first-order valence-electron chi connectivity index (χ1n) is 12.0. The highest BCUT2D eigenvalue weighted by Gasteiger charge is 2.51. The van der Waals surface area contributed by atoms with Crippen LogP contribution < -0.4 is 5.46 Å². The quantitative estimate of drug-likeness (QED) is 0.490. The van der Waals surface area contributed by atoms with Crippen LogP contribution in [0.15, 0.2) is 35.9 Å². The Morgan fingerprint density at radius 2 is 1.72 bits per heavy atom. The van der Waals surface area contributed by atoms with Crippen LogP contribution in [0, 0.1) is 0 Å². The third-order valence-electron chi connectivity index (χ3n) is 7.25. The Balaban J connectivity index is 1.43. The number of amides is 1. The van der Waals surface area contributed by atoms with E-state index in [1.165, 1.54) is 17.6 Å². The lowest BCUT2D eigenvalue weighted by atomic mass is 9.78. The average Bonchev–Trinajstić information content (AvgIpc) is 2.87. The molecule has 4 rings (SSSR count). The maximum absolute atomic E-state index is 12.8. The van der Waals surface area contributed by atoms with E-state index >= 15 is 0 Å². The van der Waals surface area contributed by atoms with E-state index in [-0.39, 0.29) is 36.5 Å². The van der Waals surface area contributed by atoms with Crippen LogP contribution in [-0.4, -0.2) is 47.0 Å². The van der Waals surface area contributed by atoms with Crippen LogP contribution in [0.25, 0.3) is 0 Å². The zero-order valence-electron chi connectivity index (χ0n) is 20.7. The predicted octanol–water partition coefficient (Wildman–Crippen LogP) is 5.02. The van der Waals surface area contributed by atoms with Crippen molar-refractivity contribution in [1.82, 2.24) is 4.90 Å². The monoisotopic (exact) mass is 439 g/mol. The topological polar surface area (TPSA) is 48.0 Å². The molecule has 3 aliphatic rings. The molecule has 0 spiro atoms. The standard InChI is InChI=1S/C26H38BNO4/c1-24(2,3)30-23(29)28-21-9-8-10-22(28)17-19(16-21)15-18-11-13-20(14-12-18)27-31-25(4,5)26(6,7)32-27/h11-14,16,21-22H,8-10,15,17H2,1-7H3.